The molecule has 0 amide bonds. The lowest BCUT2D eigenvalue weighted by Gasteiger charge is -2.55. The fraction of sp³-hybridized carbons (Fsp3) is 0.857. The second kappa shape index (κ2) is 4.03. The van der Waals surface area contributed by atoms with E-state index in [4.69, 9.17) is 15.4 Å². The number of aromatic nitrogens is 2. The van der Waals surface area contributed by atoms with Crippen molar-refractivity contribution in [3.63, 3.8) is 0 Å². The fourth-order valence-electron chi connectivity index (χ4n) is 5.06. The first-order valence-corrected chi connectivity index (χ1v) is 7.39. The zero-order chi connectivity index (χ0) is 13.0. The van der Waals surface area contributed by atoms with Crippen molar-refractivity contribution in [2.24, 2.45) is 23.5 Å². The molecule has 5 rings (SSSR count). The summed E-state index contributed by atoms with van der Waals surface area (Å²) < 4.78 is 5.26. The molecule has 5 heteroatoms. The number of hydrogen-bond acceptors (Lipinski definition) is 5. The minimum Gasteiger partial charge on any atom is -0.394 e. The van der Waals surface area contributed by atoms with Crippen molar-refractivity contribution < 1.29 is 9.63 Å². The average Bonchev–Trinajstić information content (AvgIpc) is 2.86. The Balaban J connectivity index is 1.66. The largest absolute Gasteiger partial charge is 0.394 e. The van der Waals surface area contributed by atoms with Crippen LogP contribution in [0.15, 0.2) is 4.52 Å². The molecule has 0 aliphatic heterocycles. The molecule has 3 N–H and O–H groups in total. The monoisotopic (exact) mass is 263 g/mol. The summed E-state index contributed by atoms with van der Waals surface area (Å²) >= 11 is 0. The van der Waals surface area contributed by atoms with Crippen molar-refractivity contribution in [2.45, 2.75) is 50.0 Å². The summed E-state index contributed by atoms with van der Waals surface area (Å²) in [7, 11) is 0. The molecule has 0 aromatic carbocycles. The van der Waals surface area contributed by atoms with Gasteiger partial charge in [0.25, 0.3) is 0 Å². The Hall–Kier alpha value is -0.940. The number of rotatable bonds is 3. The van der Waals surface area contributed by atoms with E-state index in [0.717, 1.165) is 23.6 Å². The highest BCUT2D eigenvalue weighted by Crippen LogP contribution is 2.60. The Kier molecular flexibility index (Phi) is 2.51. The minimum atomic E-state index is -0.546. The van der Waals surface area contributed by atoms with Crippen molar-refractivity contribution in [2.75, 3.05) is 6.61 Å². The highest BCUT2D eigenvalue weighted by Gasteiger charge is 2.53. The van der Waals surface area contributed by atoms with E-state index in [2.05, 4.69) is 10.1 Å². The van der Waals surface area contributed by atoms with Crippen LogP contribution in [0.25, 0.3) is 0 Å². The molecule has 1 aromatic rings. The van der Waals surface area contributed by atoms with Gasteiger partial charge in [-0.15, -0.1) is 0 Å². The maximum atomic E-state index is 9.08. The van der Waals surface area contributed by atoms with Crippen molar-refractivity contribution in [1.82, 2.24) is 10.1 Å². The van der Waals surface area contributed by atoms with Gasteiger partial charge in [-0.3, -0.25) is 0 Å². The van der Waals surface area contributed by atoms with Gasteiger partial charge in [-0.1, -0.05) is 5.16 Å². The highest BCUT2D eigenvalue weighted by atomic mass is 16.5. The molecule has 4 saturated carbocycles. The van der Waals surface area contributed by atoms with Gasteiger partial charge in [0.1, 0.15) is 6.04 Å². The standard InChI is InChI=1S/C14H21N3O2/c15-11(7-18)12-16-13(17-19-12)14-4-8-1-9(5-14)3-10(2-8)6-14/h8-11,18H,1-7,15H2. The van der Waals surface area contributed by atoms with Gasteiger partial charge in [0, 0.05) is 5.41 Å². The van der Waals surface area contributed by atoms with Gasteiger partial charge < -0.3 is 15.4 Å². The highest BCUT2D eigenvalue weighted by molar-refractivity contribution is 5.16. The zero-order valence-electron chi connectivity index (χ0n) is 11.1. The fourth-order valence-corrected chi connectivity index (χ4v) is 5.06. The van der Waals surface area contributed by atoms with Crippen LogP contribution in [0.4, 0.5) is 0 Å². The molecule has 4 aliphatic rings. The predicted octanol–water partition coefficient (Wildman–Crippen LogP) is 1.53. The average molecular weight is 263 g/mol. The smallest absolute Gasteiger partial charge is 0.245 e. The van der Waals surface area contributed by atoms with Crippen molar-refractivity contribution >= 4 is 0 Å². The summed E-state index contributed by atoms with van der Waals surface area (Å²) in [4.78, 5) is 4.51. The van der Waals surface area contributed by atoms with E-state index in [0.29, 0.717) is 5.89 Å². The molecule has 19 heavy (non-hydrogen) atoms. The van der Waals surface area contributed by atoms with Crippen LogP contribution < -0.4 is 5.73 Å². The van der Waals surface area contributed by atoms with E-state index in [1.165, 1.54) is 38.5 Å². The third-order valence-corrected chi connectivity index (χ3v) is 5.47. The molecule has 5 nitrogen and oxygen atoms in total. The van der Waals surface area contributed by atoms with E-state index in [-0.39, 0.29) is 12.0 Å². The molecular formula is C14H21N3O2. The van der Waals surface area contributed by atoms with Crippen LogP contribution in [-0.4, -0.2) is 21.9 Å². The molecule has 1 heterocycles. The van der Waals surface area contributed by atoms with Crippen molar-refractivity contribution in [1.29, 1.82) is 0 Å². The summed E-state index contributed by atoms with van der Waals surface area (Å²) in [6.07, 6.45) is 7.85. The number of hydrogen-bond donors (Lipinski definition) is 2. The lowest BCUT2D eigenvalue weighted by atomic mass is 9.49. The van der Waals surface area contributed by atoms with Crippen LogP contribution in [0.3, 0.4) is 0 Å². The second-order valence-electron chi connectivity index (χ2n) is 6.94. The molecule has 104 valence electrons. The molecule has 0 spiro atoms. The van der Waals surface area contributed by atoms with Crippen molar-refractivity contribution in [3.05, 3.63) is 11.7 Å². The second-order valence-corrected chi connectivity index (χ2v) is 6.94. The van der Waals surface area contributed by atoms with Gasteiger partial charge in [-0.05, 0) is 56.3 Å². The van der Waals surface area contributed by atoms with Crippen LogP contribution in [0.5, 0.6) is 0 Å². The van der Waals surface area contributed by atoms with Crippen molar-refractivity contribution in [3.8, 4) is 0 Å². The Morgan fingerprint density at radius 2 is 1.79 bits per heavy atom. The van der Waals surface area contributed by atoms with Gasteiger partial charge in [0.15, 0.2) is 5.82 Å². The molecule has 4 bridgehead atoms. The normalized spacial score (nSPS) is 41.7. The molecule has 4 fully saturated rings. The number of aliphatic hydroxyl groups is 1. The first kappa shape index (κ1) is 11.9. The Morgan fingerprint density at radius 3 is 2.32 bits per heavy atom. The Bertz CT molecular complexity index is 450. The lowest BCUT2D eigenvalue weighted by molar-refractivity contribution is -0.0103. The van der Waals surface area contributed by atoms with Crippen LogP contribution in [-0.2, 0) is 5.41 Å². The summed E-state index contributed by atoms with van der Waals surface area (Å²) in [5, 5.41) is 13.3. The molecule has 1 unspecified atom stereocenters. The zero-order valence-corrected chi connectivity index (χ0v) is 11.1. The number of nitrogens with zero attached hydrogens (tertiary/aromatic N) is 2. The van der Waals surface area contributed by atoms with Crippen LogP contribution >= 0.6 is 0 Å². The third-order valence-electron chi connectivity index (χ3n) is 5.47. The van der Waals surface area contributed by atoms with Gasteiger partial charge in [0.05, 0.1) is 6.61 Å². The number of aliphatic hydroxyl groups excluding tert-OH is 1. The molecule has 0 saturated heterocycles. The van der Waals surface area contributed by atoms with Crippen LogP contribution in [0, 0.1) is 17.8 Å². The molecule has 1 atom stereocenters. The first-order valence-electron chi connectivity index (χ1n) is 7.39. The third kappa shape index (κ3) is 1.75. The number of nitrogens with two attached hydrogens (primary N) is 1. The maximum absolute atomic E-state index is 9.08. The van der Waals surface area contributed by atoms with E-state index < -0.39 is 6.04 Å². The first-order chi connectivity index (χ1) is 9.18. The van der Waals surface area contributed by atoms with Crippen LogP contribution in [0.1, 0.15) is 56.3 Å². The molecule has 0 radical (unpaired) electrons. The quantitative estimate of drug-likeness (QED) is 0.863. The van der Waals surface area contributed by atoms with Crippen LogP contribution in [0.2, 0.25) is 0 Å². The maximum Gasteiger partial charge on any atom is 0.245 e. The van der Waals surface area contributed by atoms with E-state index in [9.17, 15) is 0 Å². The Labute approximate surface area is 112 Å². The van der Waals surface area contributed by atoms with Gasteiger partial charge >= 0.3 is 0 Å². The SMILES string of the molecule is NC(CO)c1nc(C23CC4CC(CC(C4)C2)C3)no1. The topological polar surface area (TPSA) is 85.2 Å². The summed E-state index contributed by atoms with van der Waals surface area (Å²) in [6, 6.07) is -0.546. The molecule has 1 aromatic heterocycles. The summed E-state index contributed by atoms with van der Waals surface area (Å²) in [6.45, 7) is -0.150. The van der Waals surface area contributed by atoms with E-state index in [1.54, 1.807) is 0 Å². The molecule has 4 aliphatic carbocycles. The van der Waals surface area contributed by atoms with E-state index in [1.807, 2.05) is 0 Å². The minimum absolute atomic E-state index is 0.145. The summed E-state index contributed by atoms with van der Waals surface area (Å²) in [5.41, 5.74) is 5.90. The van der Waals surface area contributed by atoms with E-state index >= 15 is 0 Å². The van der Waals surface area contributed by atoms with Gasteiger partial charge in [0.2, 0.25) is 5.89 Å². The van der Waals surface area contributed by atoms with Gasteiger partial charge in [-0.2, -0.15) is 4.98 Å². The lowest BCUT2D eigenvalue weighted by Crippen LogP contribution is -2.49. The Morgan fingerprint density at radius 1 is 1.21 bits per heavy atom. The summed E-state index contributed by atoms with van der Waals surface area (Å²) in [5.74, 6) is 3.82. The van der Waals surface area contributed by atoms with Gasteiger partial charge in [-0.25, -0.2) is 0 Å². The molecular weight excluding hydrogens is 242 g/mol. The predicted molar refractivity (Wildman–Crippen MR) is 68.2 cm³/mol.